The number of halogens is 1. The maximum Gasteiger partial charge on any atom is 0.364 e. The minimum Gasteiger partial charge on any atom is -0.496 e. The molecule has 9 nitrogen and oxygen atoms in total. The number of allylic oxidation sites excluding steroid dienone is 1. The largest absolute Gasteiger partial charge is 0.496 e. The number of unbranched alkanes of at least 4 members (excludes halogenated alkanes) is 1. The number of ether oxygens (including phenoxy) is 3. The molecule has 0 amide bonds. The number of aryl methyl sites for hydroxylation is 2. The summed E-state index contributed by atoms with van der Waals surface area (Å²) in [6, 6.07) is 8.68. The highest BCUT2D eigenvalue weighted by Crippen LogP contribution is 2.34. The van der Waals surface area contributed by atoms with E-state index >= 15 is 0 Å². The molecule has 1 aromatic heterocycles. The third-order valence-corrected chi connectivity index (χ3v) is 5.46. The molecule has 0 atom stereocenters. The summed E-state index contributed by atoms with van der Waals surface area (Å²) in [5.74, 6) is 0.958. The second-order valence-corrected chi connectivity index (χ2v) is 8.25. The quantitative estimate of drug-likeness (QED) is 0.250. The van der Waals surface area contributed by atoms with E-state index < -0.39 is 22.9 Å². The smallest absolute Gasteiger partial charge is 0.364 e. The first-order valence-electron chi connectivity index (χ1n) is 10.4. The summed E-state index contributed by atoms with van der Waals surface area (Å²) >= 11 is 3.43. The Morgan fingerprint density at radius 1 is 1.21 bits per heavy atom. The zero-order chi connectivity index (χ0) is 24.8. The molecule has 0 aliphatic heterocycles. The highest BCUT2D eigenvalue weighted by atomic mass is 79.9. The standard InChI is InChI=1S/C24H24BrN3O6/c1-5-6-7-10-33-23(30)20-22(29)26-24(31)28(27-20)16-11-14(2)21(15(3)12-16)34-17-8-9-19(32-4)18(25)13-17/h5,8-9,11-13H,1,6-7,10H2,2-4H3,(H,26,29,31). The molecule has 0 unspecified atom stereocenters. The number of aromatic nitrogens is 3. The number of H-pyrrole nitrogens is 1. The maximum absolute atomic E-state index is 12.4. The molecule has 0 radical (unpaired) electrons. The van der Waals surface area contributed by atoms with Crippen molar-refractivity contribution in [2.75, 3.05) is 13.7 Å². The predicted molar refractivity (Wildman–Crippen MR) is 130 cm³/mol. The van der Waals surface area contributed by atoms with Crippen LogP contribution in [0.25, 0.3) is 5.69 Å². The van der Waals surface area contributed by atoms with E-state index in [1.54, 1.807) is 43.5 Å². The Morgan fingerprint density at radius 3 is 2.53 bits per heavy atom. The Bertz CT molecular complexity index is 1320. The average molecular weight is 530 g/mol. The number of esters is 1. The van der Waals surface area contributed by atoms with Crippen LogP contribution in [0.3, 0.4) is 0 Å². The highest BCUT2D eigenvalue weighted by molar-refractivity contribution is 9.10. The molecular formula is C24H24BrN3O6. The van der Waals surface area contributed by atoms with Crippen LogP contribution >= 0.6 is 15.9 Å². The number of nitrogens with zero attached hydrogens (tertiary/aromatic N) is 2. The third-order valence-electron chi connectivity index (χ3n) is 4.84. The lowest BCUT2D eigenvalue weighted by Gasteiger charge is -2.15. The maximum atomic E-state index is 12.4. The van der Waals surface area contributed by atoms with Crippen molar-refractivity contribution in [3.63, 3.8) is 0 Å². The van der Waals surface area contributed by atoms with Crippen molar-refractivity contribution in [2.24, 2.45) is 0 Å². The van der Waals surface area contributed by atoms with E-state index in [1.165, 1.54) is 0 Å². The molecule has 1 heterocycles. The average Bonchev–Trinajstić information content (AvgIpc) is 2.79. The lowest BCUT2D eigenvalue weighted by atomic mass is 10.1. The van der Waals surface area contributed by atoms with Gasteiger partial charge in [0.2, 0.25) is 5.69 Å². The molecule has 0 saturated heterocycles. The van der Waals surface area contributed by atoms with Crippen LogP contribution in [0.2, 0.25) is 0 Å². The van der Waals surface area contributed by atoms with Gasteiger partial charge in [-0.25, -0.2) is 9.59 Å². The van der Waals surface area contributed by atoms with Crippen LogP contribution in [-0.4, -0.2) is 34.5 Å². The minimum atomic E-state index is -0.909. The number of carbonyl (C=O) groups is 1. The van der Waals surface area contributed by atoms with E-state index in [2.05, 4.69) is 32.6 Å². The van der Waals surface area contributed by atoms with Crippen molar-refractivity contribution in [3.8, 4) is 22.9 Å². The fraction of sp³-hybridized carbons (Fsp3) is 0.250. The van der Waals surface area contributed by atoms with Crippen LogP contribution in [0.5, 0.6) is 17.2 Å². The van der Waals surface area contributed by atoms with Gasteiger partial charge in [-0.2, -0.15) is 9.78 Å². The Morgan fingerprint density at radius 2 is 1.91 bits per heavy atom. The van der Waals surface area contributed by atoms with Gasteiger partial charge in [-0.3, -0.25) is 9.78 Å². The van der Waals surface area contributed by atoms with Gasteiger partial charge in [-0.1, -0.05) is 6.08 Å². The molecule has 0 aliphatic rings. The zero-order valence-corrected chi connectivity index (χ0v) is 20.6. The summed E-state index contributed by atoms with van der Waals surface area (Å²) in [6.07, 6.45) is 2.93. The molecule has 0 bridgehead atoms. The second-order valence-electron chi connectivity index (χ2n) is 7.39. The van der Waals surface area contributed by atoms with Crippen molar-refractivity contribution in [1.29, 1.82) is 0 Å². The number of aromatic amines is 1. The molecule has 0 fully saturated rings. The van der Waals surface area contributed by atoms with Gasteiger partial charge in [-0.05, 0) is 84.1 Å². The summed E-state index contributed by atoms with van der Waals surface area (Å²) in [5.41, 5.74) is -0.392. The van der Waals surface area contributed by atoms with E-state index in [1.807, 2.05) is 13.8 Å². The van der Waals surface area contributed by atoms with Gasteiger partial charge in [0.15, 0.2) is 0 Å². The van der Waals surface area contributed by atoms with Gasteiger partial charge in [-0.15, -0.1) is 6.58 Å². The number of rotatable bonds is 9. The number of hydrogen-bond donors (Lipinski definition) is 1. The summed E-state index contributed by atoms with van der Waals surface area (Å²) in [6.45, 7) is 7.34. The monoisotopic (exact) mass is 529 g/mol. The number of methoxy groups -OCH3 is 1. The highest BCUT2D eigenvalue weighted by Gasteiger charge is 2.19. The first-order chi connectivity index (χ1) is 16.2. The summed E-state index contributed by atoms with van der Waals surface area (Å²) in [4.78, 5) is 39.0. The van der Waals surface area contributed by atoms with Crippen molar-refractivity contribution in [1.82, 2.24) is 14.8 Å². The molecule has 2 aromatic carbocycles. The normalized spacial score (nSPS) is 10.6. The van der Waals surface area contributed by atoms with Gasteiger partial charge in [0.25, 0.3) is 5.56 Å². The SMILES string of the molecule is C=CCCCOC(=O)c1nn(-c2cc(C)c(Oc3ccc(OC)c(Br)c3)c(C)c2)c(=O)[nH]c1=O. The van der Waals surface area contributed by atoms with Crippen LogP contribution in [-0.2, 0) is 4.74 Å². The fourth-order valence-corrected chi connectivity index (χ4v) is 3.73. The lowest BCUT2D eigenvalue weighted by molar-refractivity contribution is 0.0489. The first kappa shape index (κ1) is 25.0. The van der Waals surface area contributed by atoms with Crippen LogP contribution in [0.1, 0.15) is 34.5 Å². The number of benzene rings is 2. The Kier molecular flexibility index (Phi) is 8.06. The lowest BCUT2D eigenvalue weighted by Crippen LogP contribution is -2.36. The molecular weight excluding hydrogens is 506 g/mol. The van der Waals surface area contributed by atoms with Gasteiger partial charge in [0.05, 0.1) is 23.9 Å². The Balaban J connectivity index is 1.92. The van der Waals surface area contributed by atoms with Gasteiger partial charge in [0, 0.05) is 0 Å². The molecule has 0 saturated carbocycles. The molecule has 10 heteroatoms. The molecule has 3 aromatic rings. The summed E-state index contributed by atoms with van der Waals surface area (Å²) in [7, 11) is 1.58. The van der Waals surface area contributed by atoms with Crippen LogP contribution in [0.15, 0.2) is 57.0 Å². The number of hydrogen-bond acceptors (Lipinski definition) is 7. The predicted octanol–water partition coefficient (Wildman–Crippen LogP) is 4.22. The Labute approximate surface area is 204 Å². The van der Waals surface area contributed by atoms with E-state index in [-0.39, 0.29) is 6.61 Å². The van der Waals surface area contributed by atoms with Gasteiger partial charge in [0.1, 0.15) is 17.2 Å². The zero-order valence-electron chi connectivity index (χ0n) is 19.0. The van der Waals surface area contributed by atoms with Crippen molar-refractivity contribution >= 4 is 21.9 Å². The minimum absolute atomic E-state index is 0.108. The third kappa shape index (κ3) is 5.63. The summed E-state index contributed by atoms with van der Waals surface area (Å²) < 4.78 is 18.1. The van der Waals surface area contributed by atoms with E-state index in [0.29, 0.717) is 35.8 Å². The number of nitrogens with one attached hydrogen (secondary N) is 1. The van der Waals surface area contributed by atoms with Crippen molar-refractivity contribution < 1.29 is 19.0 Å². The molecule has 1 N–H and O–H groups in total. The van der Waals surface area contributed by atoms with Crippen LogP contribution in [0.4, 0.5) is 0 Å². The molecule has 0 aliphatic carbocycles. The van der Waals surface area contributed by atoms with E-state index in [9.17, 15) is 14.4 Å². The first-order valence-corrected chi connectivity index (χ1v) is 11.2. The van der Waals surface area contributed by atoms with Crippen molar-refractivity contribution in [3.05, 3.63) is 85.1 Å². The van der Waals surface area contributed by atoms with Gasteiger partial charge >= 0.3 is 11.7 Å². The van der Waals surface area contributed by atoms with E-state index in [0.717, 1.165) is 20.3 Å². The van der Waals surface area contributed by atoms with Crippen molar-refractivity contribution in [2.45, 2.75) is 26.7 Å². The second kappa shape index (κ2) is 11.0. The Hall–Kier alpha value is -3.66. The topological polar surface area (TPSA) is 113 Å². The fourth-order valence-electron chi connectivity index (χ4n) is 3.21. The number of carbonyl (C=O) groups excluding carboxylic acids is 1. The molecule has 3 rings (SSSR count). The molecule has 0 spiro atoms. The van der Waals surface area contributed by atoms with Crippen LogP contribution < -0.4 is 20.7 Å². The van der Waals surface area contributed by atoms with Gasteiger partial charge < -0.3 is 14.2 Å². The summed E-state index contributed by atoms with van der Waals surface area (Å²) in [5, 5.41) is 3.97. The van der Waals surface area contributed by atoms with E-state index in [4.69, 9.17) is 14.2 Å². The molecule has 178 valence electrons. The van der Waals surface area contributed by atoms with Crippen LogP contribution in [0, 0.1) is 13.8 Å². The molecule has 34 heavy (non-hydrogen) atoms.